The first-order valence-corrected chi connectivity index (χ1v) is 6.78. The lowest BCUT2D eigenvalue weighted by Crippen LogP contribution is -2.22. The number of thioether (sulfide) groups is 1. The van der Waals surface area contributed by atoms with Gasteiger partial charge in [0.15, 0.2) is 0 Å². The predicted octanol–water partition coefficient (Wildman–Crippen LogP) is 3.14. The second-order valence-corrected chi connectivity index (χ2v) is 5.44. The number of nitrogens with zero attached hydrogens (tertiary/aromatic N) is 1. The molecule has 0 radical (unpaired) electrons. The number of carbonyl (C=O) groups excluding carboxylic acids is 2. The molecule has 0 atom stereocenters. The number of hydrogen-bond acceptors (Lipinski definition) is 4. The highest BCUT2D eigenvalue weighted by molar-refractivity contribution is 8.18. The van der Waals surface area contributed by atoms with Crippen LogP contribution in [-0.4, -0.2) is 29.2 Å². The van der Waals surface area contributed by atoms with Crippen LogP contribution in [0.15, 0.2) is 29.2 Å². The molecule has 1 aromatic carbocycles. The molecule has 0 aromatic heterocycles. The smallest absolute Gasteiger partial charge is 0.293 e. The minimum absolute atomic E-state index is 0.0517. The number of rotatable bonds is 3. The van der Waals surface area contributed by atoms with Crippen LogP contribution in [0.1, 0.15) is 19.4 Å². The van der Waals surface area contributed by atoms with Gasteiger partial charge in [-0.05, 0) is 37.8 Å². The number of likely N-dealkylation sites (N-methyl/N-ethyl adjacent to an activating group) is 1. The fourth-order valence-electron chi connectivity index (χ4n) is 1.65. The summed E-state index contributed by atoms with van der Waals surface area (Å²) in [7, 11) is 1.48. The van der Waals surface area contributed by atoms with Crippen LogP contribution < -0.4 is 4.74 Å². The molecule has 0 bridgehead atoms. The Hall–Kier alpha value is -1.75. The standard InChI is InChI=1S/C14H15NO3S/c1-9(2)18-11-7-5-4-6-10(11)8-12-13(16)15(3)14(17)19-12/h4-9H,1-3H3/b12-8-. The van der Waals surface area contributed by atoms with E-state index in [9.17, 15) is 9.59 Å². The fourth-order valence-corrected chi connectivity index (χ4v) is 2.47. The van der Waals surface area contributed by atoms with E-state index < -0.39 is 0 Å². The van der Waals surface area contributed by atoms with Gasteiger partial charge in [-0.25, -0.2) is 0 Å². The maximum atomic E-state index is 11.8. The van der Waals surface area contributed by atoms with Gasteiger partial charge < -0.3 is 4.74 Å². The van der Waals surface area contributed by atoms with Gasteiger partial charge in [0.25, 0.3) is 11.1 Å². The number of para-hydroxylation sites is 1. The van der Waals surface area contributed by atoms with Crippen LogP contribution in [0.2, 0.25) is 0 Å². The van der Waals surface area contributed by atoms with E-state index >= 15 is 0 Å². The number of hydrogen-bond donors (Lipinski definition) is 0. The monoisotopic (exact) mass is 277 g/mol. The van der Waals surface area contributed by atoms with E-state index in [2.05, 4.69) is 0 Å². The zero-order valence-electron chi connectivity index (χ0n) is 11.0. The van der Waals surface area contributed by atoms with Gasteiger partial charge in [0, 0.05) is 12.6 Å². The van der Waals surface area contributed by atoms with Crippen LogP contribution in [0, 0.1) is 0 Å². The molecule has 0 aliphatic carbocycles. The number of carbonyl (C=O) groups is 2. The van der Waals surface area contributed by atoms with Gasteiger partial charge in [0.1, 0.15) is 5.75 Å². The highest BCUT2D eigenvalue weighted by atomic mass is 32.2. The minimum Gasteiger partial charge on any atom is -0.490 e. The number of imide groups is 1. The van der Waals surface area contributed by atoms with Crippen molar-refractivity contribution in [2.45, 2.75) is 20.0 Å². The van der Waals surface area contributed by atoms with Crippen molar-refractivity contribution in [3.05, 3.63) is 34.7 Å². The Morgan fingerprint density at radius 3 is 2.53 bits per heavy atom. The van der Waals surface area contributed by atoms with E-state index in [-0.39, 0.29) is 17.3 Å². The molecule has 0 unspecified atom stereocenters. The molecular weight excluding hydrogens is 262 g/mol. The molecule has 1 aliphatic rings. The van der Waals surface area contributed by atoms with Gasteiger partial charge in [-0.2, -0.15) is 0 Å². The van der Waals surface area contributed by atoms with Gasteiger partial charge >= 0.3 is 0 Å². The van der Waals surface area contributed by atoms with Crippen LogP contribution in [0.5, 0.6) is 5.75 Å². The Kier molecular flexibility index (Phi) is 3.95. The van der Waals surface area contributed by atoms with Crippen LogP contribution in [-0.2, 0) is 4.79 Å². The van der Waals surface area contributed by atoms with E-state index in [1.807, 2.05) is 38.1 Å². The van der Waals surface area contributed by atoms with Crippen molar-refractivity contribution in [2.75, 3.05) is 7.05 Å². The van der Waals surface area contributed by atoms with Crippen LogP contribution in [0.25, 0.3) is 6.08 Å². The molecule has 1 heterocycles. The topological polar surface area (TPSA) is 46.6 Å². The van der Waals surface area contributed by atoms with Crippen molar-refractivity contribution in [1.29, 1.82) is 0 Å². The molecule has 5 heteroatoms. The summed E-state index contributed by atoms with van der Waals surface area (Å²) < 4.78 is 5.68. The van der Waals surface area contributed by atoms with Crippen molar-refractivity contribution in [1.82, 2.24) is 4.90 Å². The molecule has 1 fully saturated rings. The Bertz CT molecular complexity index is 551. The van der Waals surface area contributed by atoms with Gasteiger partial charge in [-0.15, -0.1) is 0 Å². The molecular formula is C14H15NO3S. The van der Waals surface area contributed by atoms with Gasteiger partial charge in [-0.3, -0.25) is 14.5 Å². The maximum Gasteiger partial charge on any atom is 0.293 e. The first-order valence-electron chi connectivity index (χ1n) is 5.96. The summed E-state index contributed by atoms with van der Waals surface area (Å²) in [5.74, 6) is 0.440. The molecule has 0 saturated carbocycles. The van der Waals surface area contributed by atoms with E-state index in [0.29, 0.717) is 10.7 Å². The molecule has 2 rings (SSSR count). The van der Waals surface area contributed by atoms with E-state index in [4.69, 9.17) is 4.74 Å². The number of benzene rings is 1. The molecule has 0 spiro atoms. The van der Waals surface area contributed by atoms with Gasteiger partial charge in [0.2, 0.25) is 0 Å². The third kappa shape index (κ3) is 2.98. The van der Waals surface area contributed by atoms with Crippen molar-refractivity contribution >= 4 is 29.0 Å². The first kappa shape index (κ1) is 13.7. The van der Waals surface area contributed by atoms with E-state index in [1.54, 1.807) is 6.08 Å². The zero-order valence-corrected chi connectivity index (χ0v) is 11.9. The summed E-state index contributed by atoms with van der Waals surface area (Å²) in [6, 6.07) is 7.46. The van der Waals surface area contributed by atoms with E-state index in [0.717, 1.165) is 22.2 Å². The fraction of sp³-hybridized carbons (Fsp3) is 0.286. The molecule has 2 amide bonds. The summed E-state index contributed by atoms with van der Waals surface area (Å²) in [4.78, 5) is 24.8. The quantitative estimate of drug-likeness (QED) is 0.796. The summed E-state index contributed by atoms with van der Waals surface area (Å²) in [5, 5.41) is -0.251. The molecule has 19 heavy (non-hydrogen) atoms. The molecule has 1 aromatic rings. The lowest BCUT2D eigenvalue weighted by molar-refractivity contribution is -0.121. The van der Waals surface area contributed by atoms with Crippen molar-refractivity contribution in [3.63, 3.8) is 0 Å². The molecule has 1 saturated heterocycles. The maximum absolute atomic E-state index is 11.8. The lowest BCUT2D eigenvalue weighted by atomic mass is 10.2. The second kappa shape index (κ2) is 5.48. The van der Waals surface area contributed by atoms with Gasteiger partial charge in [0.05, 0.1) is 11.0 Å². The van der Waals surface area contributed by atoms with Crippen LogP contribution >= 0.6 is 11.8 Å². The SMILES string of the molecule is CC(C)Oc1ccccc1/C=C1\SC(=O)N(C)C1=O. The van der Waals surface area contributed by atoms with E-state index in [1.165, 1.54) is 7.05 Å². The molecule has 0 N–H and O–H groups in total. The lowest BCUT2D eigenvalue weighted by Gasteiger charge is -2.12. The largest absolute Gasteiger partial charge is 0.490 e. The summed E-state index contributed by atoms with van der Waals surface area (Å²) in [6.45, 7) is 3.88. The van der Waals surface area contributed by atoms with Gasteiger partial charge in [-0.1, -0.05) is 18.2 Å². The highest BCUT2D eigenvalue weighted by Gasteiger charge is 2.31. The third-order valence-electron chi connectivity index (χ3n) is 2.55. The Morgan fingerprint density at radius 2 is 1.95 bits per heavy atom. The molecule has 1 aliphatic heterocycles. The van der Waals surface area contributed by atoms with Crippen molar-refractivity contribution < 1.29 is 14.3 Å². The number of amides is 2. The average Bonchev–Trinajstić information content (AvgIpc) is 2.59. The molecule has 4 nitrogen and oxygen atoms in total. The second-order valence-electron chi connectivity index (χ2n) is 4.45. The van der Waals surface area contributed by atoms with Crippen LogP contribution in [0.4, 0.5) is 4.79 Å². The number of ether oxygens (including phenoxy) is 1. The summed E-state index contributed by atoms with van der Waals surface area (Å²) in [5.41, 5.74) is 0.801. The molecule has 100 valence electrons. The first-order chi connectivity index (χ1) is 8.99. The average molecular weight is 277 g/mol. The third-order valence-corrected chi connectivity index (χ3v) is 3.52. The normalized spacial score (nSPS) is 17.7. The predicted molar refractivity (Wildman–Crippen MR) is 75.9 cm³/mol. The Morgan fingerprint density at radius 1 is 1.26 bits per heavy atom. The summed E-state index contributed by atoms with van der Waals surface area (Å²) in [6.07, 6.45) is 1.75. The van der Waals surface area contributed by atoms with Crippen LogP contribution in [0.3, 0.4) is 0 Å². The van der Waals surface area contributed by atoms with Crippen molar-refractivity contribution in [3.8, 4) is 5.75 Å². The van der Waals surface area contributed by atoms with Crippen molar-refractivity contribution in [2.24, 2.45) is 0 Å². The zero-order chi connectivity index (χ0) is 14.0. The Labute approximate surface area is 116 Å². The summed E-state index contributed by atoms with van der Waals surface area (Å²) >= 11 is 0.947. The minimum atomic E-state index is -0.269. The highest BCUT2D eigenvalue weighted by Crippen LogP contribution is 2.33. The Balaban J connectivity index is 2.33.